The van der Waals surface area contributed by atoms with Crippen LogP contribution in [0.4, 0.5) is 5.69 Å². The molecule has 1 aromatic carbocycles. The van der Waals surface area contributed by atoms with Crippen LogP contribution in [-0.2, 0) is 4.74 Å². The van der Waals surface area contributed by atoms with Crippen molar-refractivity contribution in [2.75, 3.05) is 6.61 Å². The van der Waals surface area contributed by atoms with Crippen LogP contribution >= 0.6 is 0 Å². The molecule has 0 amide bonds. The van der Waals surface area contributed by atoms with Gasteiger partial charge in [0.2, 0.25) is 0 Å². The van der Waals surface area contributed by atoms with Gasteiger partial charge in [0.05, 0.1) is 16.2 Å². The van der Waals surface area contributed by atoms with Crippen LogP contribution in [0.25, 0.3) is 5.69 Å². The number of esters is 1. The van der Waals surface area contributed by atoms with E-state index >= 15 is 0 Å². The summed E-state index contributed by atoms with van der Waals surface area (Å²) in [5.74, 6) is 1.69. The fourth-order valence-electron chi connectivity index (χ4n) is 2.08. The van der Waals surface area contributed by atoms with Gasteiger partial charge in [-0.15, -0.1) is 6.42 Å². The molecule has 112 valence electrons. The van der Waals surface area contributed by atoms with Gasteiger partial charge in [0.1, 0.15) is 11.4 Å². The Kier molecular flexibility index (Phi) is 4.23. The van der Waals surface area contributed by atoms with E-state index < -0.39 is 10.9 Å². The molecule has 7 nitrogen and oxygen atoms in total. The number of benzene rings is 1. The maximum Gasteiger partial charge on any atom is 0.339 e. The SMILES string of the molecule is C#CCOC(=O)c1ccc(-n2nc(C)c([N+](=O)[O-])c2C)cc1. The van der Waals surface area contributed by atoms with Gasteiger partial charge >= 0.3 is 11.7 Å². The number of nitrogens with zero attached hydrogens (tertiary/aromatic N) is 3. The molecule has 0 unspecified atom stereocenters. The van der Waals surface area contributed by atoms with Gasteiger partial charge in [-0.3, -0.25) is 10.1 Å². The second-order valence-corrected chi connectivity index (χ2v) is 4.52. The monoisotopic (exact) mass is 299 g/mol. The average molecular weight is 299 g/mol. The highest BCUT2D eigenvalue weighted by Gasteiger charge is 2.22. The second kappa shape index (κ2) is 6.10. The number of rotatable bonds is 4. The lowest BCUT2D eigenvalue weighted by Crippen LogP contribution is -2.06. The largest absolute Gasteiger partial charge is 0.449 e. The molecule has 0 saturated carbocycles. The first-order valence-electron chi connectivity index (χ1n) is 6.37. The zero-order valence-corrected chi connectivity index (χ0v) is 12.1. The number of aromatic nitrogens is 2. The Morgan fingerprint density at radius 1 is 1.41 bits per heavy atom. The summed E-state index contributed by atoms with van der Waals surface area (Å²) in [4.78, 5) is 22.2. The van der Waals surface area contributed by atoms with E-state index in [1.165, 1.54) is 4.68 Å². The number of aryl methyl sites for hydroxylation is 1. The average Bonchev–Trinajstić information content (AvgIpc) is 2.79. The fourth-order valence-corrected chi connectivity index (χ4v) is 2.08. The van der Waals surface area contributed by atoms with Crippen LogP contribution in [0.5, 0.6) is 0 Å². The van der Waals surface area contributed by atoms with Crippen LogP contribution in [0.2, 0.25) is 0 Å². The molecule has 0 aliphatic rings. The Morgan fingerprint density at radius 3 is 2.55 bits per heavy atom. The quantitative estimate of drug-likeness (QED) is 0.374. The number of nitro groups is 1. The van der Waals surface area contributed by atoms with Gasteiger partial charge in [-0.05, 0) is 38.1 Å². The first-order valence-corrected chi connectivity index (χ1v) is 6.37. The van der Waals surface area contributed by atoms with Gasteiger partial charge in [0, 0.05) is 0 Å². The van der Waals surface area contributed by atoms with Crippen molar-refractivity contribution in [3.8, 4) is 18.0 Å². The predicted octanol–water partition coefficient (Wildman–Crippen LogP) is 2.19. The minimum Gasteiger partial charge on any atom is -0.449 e. The summed E-state index contributed by atoms with van der Waals surface area (Å²) >= 11 is 0. The topological polar surface area (TPSA) is 87.3 Å². The van der Waals surface area contributed by atoms with Crippen molar-refractivity contribution in [3.05, 3.63) is 51.3 Å². The zero-order chi connectivity index (χ0) is 16.3. The van der Waals surface area contributed by atoms with Crippen molar-refractivity contribution in [2.45, 2.75) is 13.8 Å². The number of ether oxygens (including phenoxy) is 1. The molecule has 0 bridgehead atoms. The molecule has 0 saturated heterocycles. The van der Waals surface area contributed by atoms with Crippen molar-refractivity contribution in [1.82, 2.24) is 9.78 Å². The van der Waals surface area contributed by atoms with E-state index in [1.54, 1.807) is 38.1 Å². The summed E-state index contributed by atoms with van der Waals surface area (Å²) in [7, 11) is 0. The molecule has 1 aromatic heterocycles. The molecule has 1 heterocycles. The van der Waals surface area contributed by atoms with Crippen molar-refractivity contribution >= 4 is 11.7 Å². The molecule has 0 N–H and O–H groups in total. The summed E-state index contributed by atoms with van der Waals surface area (Å²) in [6, 6.07) is 6.37. The van der Waals surface area contributed by atoms with E-state index in [4.69, 9.17) is 11.2 Å². The lowest BCUT2D eigenvalue weighted by molar-refractivity contribution is -0.386. The maximum absolute atomic E-state index is 11.6. The normalized spacial score (nSPS) is 10.0. The van der Waals surface area contributed by atoms with Crippen LogP contribution < -0.4 is 0 Å². The van der Waals surface area contributed by atoms with Gasteiger partial charge in [-0.1, -0.05) is 5.92 Å². The van der Waals surface area contributed by atoms with E-state index in [-0.39, 0.29) is 12.3 Å². The lowest BCUT2D eigenvalue weighted by atomic mass is 10.2. The summed E-state index contributed by atoms with van der Waals surface area (Å²) < 4.78 is 6.28. The summed E-state index contributed by atoms with van der Waals surface area (Å²) in [5, 5.41) is 15.2. The van der Waals surface area contributed by atoms with Crippen LogP contribution in [0.1, 0.15) is 21.7 Å². The molecule has 0 aliphatic heterocycles. The summed E-state index contributed by atoms with van der Waals surface area (Å²) in [5.41, 5.74) is 1.69. The molecule has 2 aromatic rings. The van der Waals surface area contributed by atoms with Crippen LogP contribution in [-0.4, -0.2) is 27.3 Å². The van der Waals surface area contributed by atoms with Crippen LogP contribution in [0, 0.1) is 36.3 Å². The molecule has 0 radical (unpaired) electrons. The third kappa shape index (κ3) is 2.81. The summed E-state index contributed by atoms with van der Waals surface area (Å²) in [6.45, 7) is 3.10. The third-order valence-electron chi connectivity index (χ3n) is 3.07. The van der Waals surface area contributed by atoms with Crippen LogP contribution in [0.15, 0.2) is 24.3 Å². The van der Waals surface area contributed by atoms with Gasteiger partial charge in [-0.2, -0.15) is 5.10 Å². The highest BCUT2D eigenvalue weighted by atomic mass is 16.6. The summed E-state index contributed by atoms with van der Waals surface area (Å²) in [6.07, 6.45) is 5.02. The molecular formula is C15H13N3O4. The minimum absolute atomic E-state index is 0.0162. The first-order chi connectivity index (χ1) is 10.5. The van der Waals surface area contributed by atoms with Crippen molar-refractivity contribution in [3.63, 3.8) is 0 Å². The smallest absolute Gasteiger partial charge is 0.339 e. The minimum atomic E-state index is -0.524. The molecule has 0 atom stereocenters. The van der Waals surface area contributed by atoms with Gasteiger partial charge < -0.3 is 4.74 Å². The van der Waals surface area contributed by atoms with E-state index in [2.05, 4.69) is 11.0 Å². The second-order valence-electron chi connectivity index (χ2n) is 4.52. The van der Waals surface area contributed by atoms with Gasteiger partial charge in [-0.25, -0.2) is 9.48 Å². The van der Waals surface area contributed by atoms with Gasteiger partial charge in [0.25, 0.3) is 0 Å². The molecule has 7 heteroatoms. The Balaban J connectivity index is 2.32. The van der Waals surface area contributed by atoms with Crippen molar-refractivity contribution in [2.24, 2.45) is 0 Å². The highest BCUT2D eigenvalue weighted by Crippen LogP contribution is 2.24. The molecule has 22 heavy (non-hydrogen) atoms. The zero-order valence-electron chi connectivity index (χ0n) is 12.1. The van der Waals surface area contributed by atoms with Crippen molar-refractivity contribution < 1.29 is 14.5 Å². The number of terminal acetylenes is 1. The third-order valence-corrected chi connectivity index (χ3v) is 3.07. The fraction of sp³-hybridized carbons (Fsp3) is 0.200. The van der Waals surface area contributed by atoms with Gasteiger partial charge in [0.15, 0.2) is 6.61 Å². The van der Waals surface area contributed by atoms with Crippen LogP contribution in [0.3, 0.4) is 0 Å². The first kappa shape index (κ1) is 15.3. The number of carbonyl (C=O) groups is 1. The number of carbonyl (C=O) groups excluding carboxylic acids is 1. The Morgan fingerprint density at radius 2 is 2.05 bits per heavy atom. The maximum atomic E-state index is 11.6. The van der Waals surface area contributed by atoms with Crippen molar-refractivity contribution in [1.29, 1.82) is 0 Å². The lowest BCUT2D eigenvalue weighted by Gasteiger charge is -2.05. The molecule has 0 fully saturated rings. The van der Waals surface area contributed by atoms with E-state index in [9.17, 15) is 14.9 Å². The number of hydrogen-bond donors (Lipinski definition) is 0. The molecular weight excluding hydrogens is 286 g/mol. The Labute approximate surface area is 126 Å². The van der Waals surface area contributed by atoms with E-state index in [0.29, 0.717) is 22.6 Å². The molecule has 0 aliphatic carbocycles. The predicted molar refractivity (Wildman–Crippen MR) is 78.8 cm³/mol. The standard InChI is InChI=1S/C15H13N3O4/c1-4-9-22-15(19)12-5-7-13(8-6-12)17-11(3)14(18(20)21)10(2)16-17/h1,5-8H,9H2,2-3H3. The molecule has 2 rings (SSSR count). The van der Waals surface area contributed by atoms with E-state index in [1.807, 2.05) is 0 Å². The Hall–Kier alpha value is -3.14. The number of hydrogen-bond acceptors (Lipinski definition) is 5. The molecule has 0 spiro atoms. The highest BCUT2D eigenvalue weighted by molar-refractivity contribution is 5.89. The van der Waals surface area contributed by atoms with E-state index in [0.717, 1.165) is 0 Å². The Bertz CT molecular complexity index is 769.